The highest BCUT2D eigenvalue weighted by molar-refractivity contribution is 7.80. The van der Waals surface area contributed by atoms with E-state index in [0.717, 1.165) is 0 Å². The maximum absolute atomic E-state index is 11.5. The molecule has 6 nitrogen and oxygen atoms in total. The molecule has 3 amide bonds. The Morgan fingerprint density at radius 2 is 1.76 bits per heavy atom. The van der Waals surface area contributed by atoms with Crippen molar-refractivity contribution in [3.8, 4) is 0 Å². The van der Waals surface area contributed by atoms with Crippen molar-refractivity contribution in [1.82, 2.24) is 16.0 Å². The molecular weight excluding hydrogens is 242 g/mol. The van der Waals surface area contributed by atoms with Crippen LogP contribution in [0.3, 0.4) is 0 Å². The van der Waals surface area contributed by atoms with Gasteiger partial charge in [-0.2, -0.15) is 12.6 Å². The van der Waals surface area contributed by atoms with Gasteiger partial charge < -0.3 is 16.0 Å². The third kappa shape index (κ3) is 7.62. The highest BCUT2D eigenvalue weighted by Gasteiger charge is 2.18. The molecule has 0 aliphatic carbocycles. The number of carbonyl (C=O) groups is 3. The number of hydrogen-bond donors (Lipinski definition) is 4. The Morgan fingerprint density at radius 1 is 1.18 bits per heavy atom. The van der Waals surface area contributed by atoms with Crippen LogP contribution in [0.1, 0.15) is 20.8 Å². The van der Waals surface area contributed by atoms with Crippen LogP contribution in [0, 0.1) is 0 Å². The van der Waals surface area contributed by atoms with Crippen molar-refractivity contribution in [2.45, 2.75) is 32.9 Å². The molecule has 0 bridgehead atoms. The highest BCUT2D eigenvalue weighted by atomic mass is 32.1. The maximum Gasteiger partial charge on any atom is 0.243 e. The molecule has 0 saturated carbocycles. The fraction of sp³-hybridized carbons (Fsp3) is 0.700. The zero-order valence-electron chi connectivity index (χ0n) is 10.2. The van der Waals surface area contributed by atoms with E-state index in [-0.39, 0.29) is 30.2 Å². The molecule has 0 spiro atoms. The van der Waals surface area contributed by atoms with Gasteiger partial charge in [0, 0.05) is 18.7 Å². The summed E-state index contributed by atoms with van der Waals surface area (Å²) in [6, 6.07) is -0.696. The van der Waals surface area contributed by atoms with E-state index in [1.807, 2.05) is 13.8 Å². The molecule has 0 aromatic carbocycles. The fourth-order valence-corrected chi connectivity index (χ4v) is 1.36. The van der Waals surface area contributed by atoms with E-state index in [9.17, 15) is 14.4 Å². The molecule has 1 atom stereocenters. The SMILES string of the molecule is CC(=O)NC(CS)C(=O)NCC(=O)NC(C)C. The Kier molecular flexibility index (Phi) is 7.36. The van der Waals surface area contributed by atoms with Crippen LogP contribution in [0.15, 0.2) is 0 Å². The molecule has 17 heavy (non-hydrogen) atoms. The van der Waals surface area contributed by atoms with Crippen LogP contribution in [0.4, 0.5) is 0 Å². The molecule has 0 rings (SSSR count). The Bertz CT molecular complexity index is 295. The topological polar surface area (TPSA) is 87.3 Å². The van der Waals surface area contributed by atoms with Crippen LogP contribution in [0.2, 0.25) is 0 Å². The highest BCUT2D eigenvalue weighted by Crippen LogP contribution is 1.88. The number of hydrogen-bond acceptors (Lipinski definition) is 4. The van der Waals surface area contributed by atoms with E-state index in [1.165, 1.54) is 6.92 Å². The van der Waals surface area contributed by atoms with E-state index >= 15 is 0 Å². The normalized spacial score (nSPS) is 11.8. The van der Waals surface area contributed by atoms with Crippen LogP contribution < -0.4 is 16.0 Å². The van der Waals surface area contributed by atoms with E-state index in [2.05, 4.69) is 28.6 Å². The summed E-state index contributed by atoms with van der Waals surface area (Å²) in [5.74, 6) is -0.828. The lowest BCUT2D eigenvalue weighted by Crippen LogP contribution is -2.50. The molecule has 7 heteroatoms. The first-order valence-corrected chi connectivity index (χ1v) is 5.95. The van der Waals surface area contributed by atoms with Gasteiger partial charge in [-0.25, -0.2) is 0 Å². The number of amides is 3. The quantitative estimate of drug-likeness (QED) is 0.466. The van der Waals surface area contributed by atoms with Crippen molar-refractivity contribution in [2.24, 2.45) is 0 Å². The lowest BCUT2D eigenvalue weighted by molar-refractivity contribution is -0.129. The first-order valence-electron chi connectivity index (χ1n) is 5.31. The average molecular weight is 261 g/mol. The number of carbonyl (C=O) groups excluding carboxylic acids is 3. The van der Waals surface area contributed by atoms with Gasteiger partial charge in [0.2, 0.25) is 17.7 Å². The van der Waals surface area contributed by atoms with Gasteiger partial charge in [0.15, 0.2) is 0 Å². The Balaban J connectivity index is 4.06. The van der Waals surface area contributed by atoms with E-state index in [4.69, 9.17) is 0 Å². The minimum Gasteiger partial charge on any atom is -0.352 e. The second kappa shape index (κ2) is 7.94. The van der Waals surface area contributed by atoms with Crippen LogP contribution in [0.25, 0.3) is 0 Å². The van der Waals surface area contributed by atoms with E-state index < -0.39 is 11.9 Å². The van der Waals surface area contributed by atoms with Gasteiger partial charge >= 0.3 is 0 Å². The third-order valence-electron chi connectivity index (χ3n) is 1.75. The van der Waals surface area contributed by atoms with Crippen molar-refractivity contribution in [2.75, 3.05) is 12.3 Å². The molecule has 0 heterocycles. The zero-order valence-corrected chi connectivity index (χ0v) is 11.1. The summed E-state index contributed by atoms with van der Waals surface area (Å²) in [6.45, 7) is 4.86. The average Bonchev–Trinajstić information content (AvgIpc) is 2.21. The van der Waals surface area contributed by atoms with Gasteiger partial charge in [0.25, 0.3) is 0 Å². The standard InChI is InChI=1S/C10H19N3O3S/c1-6(2)12-9(15)4-11-10(16)8(5-17)13-7(3)14/h6,8,17H,4-5H2,1-3H3,(H,11,16)(H,12,15)(H,13,14). The van der Waals surface area contributed by atoms with E-state index in [1.54, 1.807) is 0 Å². The fourth-order valence-electron chi connectivity index (χ4n) is 1.10. The zero-order chi connectivity index (χ0) is 13.4. The maximum atomic E-state index is 11.5. The molecule has 0 saturated heterocycles. The Morgan fingerprint density at radius 3 is 2.18 bits per heavy atom. The number of nitrogens with one attached hydrogen (secondary N) is 3. The second-order valence-electron chi connectivity index (χ2n) is 3.88. The molecule has 98 valence electrons. The smallest absolute Gasteiger partial charge is 0.243 e. The molecule has 3 N–H and O–H groups in total. The lowest BCUT2D eigenvalue weighted by Gasteiger charge is -2.15. The molecular formula is C10H19N3O3S. The van der Waals surface area contributed by atoms with Crippen LogP contribution in [-0.2, 0) is 14.4 Å². The first-order chi connectivity index (χ1) is 7.86. The summed E-state index contributed by atoms with van der Waals surface area (Å²) in [5, 5.41) is 7.50. The molecule has 0 fully saturated rings. The lowest BCUT2D eigenvalue weighted by atomic mass is 10.3. The molecule has 0 aromatic rings. The first kappa shape index (κ1) is 15.8. The summed E-state index contributed by atoms with van der Waals surface area (Å²) < 4.78 is 0. The van der Waals surface area contributed by atoms with Crippen LogP contribution >= 0.6 is 12.6 Å². The summed E-state index contributed by atoms with van der Waals surface area (Å²) in [6.07, 6.45) is 0. The Hall–Kier alpha value is -1.24. The van der Waals surface area contributed by atoms with Gasteiger partial charge in [-0.3, -0.25) is 14.4 Å². The van der Waals surface area contributed by atoms with E-state index in [0.29, 0.717) is 0 Å². The minimum atomic E-state index is -0.720. The van der Waals surface area contributed by atoms with Crippen molar-refractivity contribution >= 4 is 30.4 Å². The molecule has 0 radical (unpaired) electrons. The molecule has 0 aromatic heterocycles. The predicted octanol–water partition coefficient (Wildman–Crippen LogP) is -0.938. The summed E-state index contributed by atoms with van der Waals surface area (Å²) in [4.78, 5) is 33.6. The van der Waals surface area contributed by atoms with Gasteiger partial charge in [-0.05, 0) is 13.8 Å². The van der Waals surface area contributed by atoms with Crippen molar-refractivity contribution < 1.29 is 14.4 Å². The number of thiol groups is 1. The van der Waals surface area contributed by atoms with Gasteiger partial charge in [0.05, 0.1) is 6.54 Å². The molecule has 0 aliphatic rings. The van der Waals surface area contributed by atoms with Crippen molar-refractivity contribution in [3.05, 3.63) is 0 Å². The molecule has 0 aliphatic heterocycles. The minimum absolute atomic E-state index is 0.0235. The Labute approximate surface area is 106 Å². The van der Waals surface area contributed by atoms with Gasteiger partial charge in [-0.1, -0.05) is 0 Å². The third-order valence-corrected chi connectivity index (χ3v) is 2.11. The predicted molar refractivity (Wildman–Crippen MR) is 67.7 cm³/mol. The van der Waals surface area contributed by atoms with Gasteiger partial charge in [-0.15, -0.1) is 0 Å². The van der Waals surface area contributed by atoms with Crippen molar-refractivity contribution in [3.63, 3.8) is 0 Å². The monoisotopic (exact) mass is 261 g/mol. The molecule has 1 unspecified atom stereocenters. The summed E-state index contributed by atoms with van der Waals surface area (Å²) >= 11 is 3.95. The van der Waals surface area contributed by atoms with Crippen molar-refractivity contribution in [1.29, 1.82) is 0 Å². The van der Waals surface area contributed by atoms with Crippen LogP contribution in [0.5, 0.6) is 0 Å². The number of rotatable bonds is 6. The van der Waals surface area contributed by atoms with Gasteiger partial charge in [0.1, 0.15) is 6.04 Å². The summed E-state index contributed by atoms with van der Waals surface area (Å²) in [7, 11) is 0. The van der Waals surface area contributed by atoms with Crippen LogP contribution in [-0.4, -0.2) is 42.1 Å². The second-order valence-corrected chi connectivity index (χ2v) is 4.24. The summed E-state index contributed by atoms with van der Waals surface area (Å²) in [5.41, 5.74) is 0. The largest absolute Gasteiger partial charge is 0.352 e.